The molecular weight excluding hydrogens is 160 g/mol. The Hall–Kier alpha value is -1.18. The minimum atomic E-state index is 0.502. The molecule has 0 saturated carbocycles. The predicted octanol–water partition coefficient (Wildman–Crippen LogP) is 2.42. The van der Waals surface area contributed by atoms with Crippen LogP contribution in [0.2, 0.25) is 0 Å². The summed E-state index contributed by atoms with van der Waals surface area (Å²) >= 11 is 0. The molecule has 0 heterocycles. The van der Waals surface area contributed by atoms with E-state index in [9.17, 15) is 0 Å². The van der Waals surface area contributed by atoms with E-state index in [1.54, 1.807) is 0 Å². The lowest BCUT2D eigenvalue weighted by molar-refractivity contribution is 0.755. The molecule has 0 fully saturated rings. The minimum Gasteiger partial charge on any atom is -0.398 e. The Morgan fingerprint density at radius 2 is 1.92 bits per heavy atom. The van der Waals surface area contributed by atoms with Gasteiger partial charge in [0.1, 0.15) is 0 Å². The molecule has 0 radical (unpaired) electrons. The number of aryl methyl sites for hydroxylation is 1. The van der Waals surface area contributed by atoms with E-state index in [0.717, 1.165) is 11.3 Å². The lowest BCUT2D eigenvalue weighted by Gasteiger charge is -2.24. The second kappa shape index (κ2) is 3.69. The molecule has 2 nitrogen and oxygen atoms in total. The van der Waals surface area contributed by atoms with Gasteiger partial charge in [-0.15, -0.1) is 0 Å². The molecule has 13 heavy (non-hydrogen) atoms. The van der Waals surface area contributed by atoms with Gasteiger partial charge in [-0.3, -0.25) is 0 Å². The van der Waals surface area contributed by atoms with E-state index in [4.69, 9.17) is 5.73 Å². The van der Waals surface area contributed by atoms with Gasteiger partial charge in [-0.1, -0.05) is 6.07 Å². The molecule has 0 spiro atoms. The van der Waals surface area contributed by atoms with Gasteiger partial charge in [0.25, 0.3) is 0 Å². The molecule has 72 valence electrons. The van der Waals surface area contributed by atoms with Crippen molar-refractivity contribution in [3.63, 3.8) is 0 Å². The standard InChI is InChI=1S/C11H18N2/c1-8(2)13(4)10-6-5-9(3)11(12)7-10/h5-8H,12H2,1-4H3. The van der Waals surface area contributed by atoms with Gasteiger partial charge in [-0.2, -0.15) is 0 Å². The number of hydrogen-bond acceptors (Lipinski definition) is 2. The maximum Gasteiger partial charge on any atom is 0.0386 e. The van der Waals surface area contributed by atoms with E-state index in [0.29, 0.717) is 6.04 Å². The van der Waals surface area contributed by atoms with Crippen LogP contribution in [0.25, 0.3) is 0 Å². The van der Waals surface area contributed by atoms with Crippen molar-refractivity contribution >= 4 is 11.4 Å². The predicted molar refractivity (Wildman–Crippen MR) is 59.1 cm³/mol. The molecule has 0 amide bonds. The van der Waals surface area contributed by atoms with Crippen molar-refractivity contribution in [2.45, 2.75) is 26.8 Å². The van der Waals surface area contributed by atoms with Crippen LogP contribution >= 0.6 is 0 Å². The molecule has 0 bridgehead atoms. The Labute approximate surface area is 80.4 Å². The summed E-state index contributed by atoms with van der Waals surface area (Å²) in [5.41, 5.74) is 9.02. The Morgan fingerprint density at radius 3 is 2.38 bits per heavy atom. The Bertz CT molecular complexity index is 292. The van der Waals surface area contributed by atoms with Crippen LogP contribution in [0.4, 0.5) is 11.4 Å². The number of anilines is 2. The van der Waals surface area contributed by atoms with Crippen molar-refractivity contribution < 1.29 is 0 Å². The highest BCUT2D eigenvalue weighted by molar-refractivity contribution is 5.59. The van der Waals surface area contributed by atoms with Gasteiger partial charge in [-0.05, 0) is 38.5 Å². The Kier molecular flexibility index (Phi) is 2.81. The topological polar surface area (TPSA) is 29.3 Å². The SMILES string of the molecule is Cc1ccc(N(C)C(C)C)cc1N. The first kappa shape index (κ1) is 9.90. The summed E-state index contributed by atoms with van der Waals surface area (Å²) in [4.78, 5) is 2.20. The average Bonchev–Trinajstić information content (AvgIpc) is 2.08. The van der Waals surface area contributed by atoms with Gasteiger partial charge in [0.15, 0.2) is 0 Å². The first-order chi connectivity index (χ1) is 6.02. The minimum absolute atomic E-state index is 0.502. The first-order valence-corrected chi connectivity index (χ1v) is 4.61. The third-order valence-electron chi connectivity index (χ3n) is 2.44. The van der Waals surface area contributed by atoms with Crippen LogP contribution in [0.3, 0.4) is 0 Å². The van der Waals surface area contributed by atoms with Gasteiger partial charge < -0.3 is 10.6 Å². The smallest absolute Gasteiger partial charge is 0.0386 e. The summed E-state index contributed by atoms with van der Waals surface area (Å²) in [5.74, 6) is 0. The third kappa shape index (κ3) is 2.14. The second-order valence-electron chi connectivity index (χ2n) is 3.75. The molecule has 2 heteroatoms. The largest absolute Gasteiger partial charge is 0.398 e. The van der Waals surface area contributed by atoms with Crippen LogP contribution < -0.4 is 10.6 Å². The fourth-order valence-corrected chi connectivity index (χ4v) is 1.15. The van der Waals surface area contributed by atoms with E-state index in [-0.39, 0.29) is 0 Å². The summed E-state index contributed by atoms with van der Waals surface area (Å²) < 4.78 is 0. The van der Waals surface area contributed by atoms with Crippen LogP contribution in [0, 0.1) is 6.92 Å². The molecule has 0 aliphatic rings. The zero-order valence-electron chi connectivity index (χ0n) is 8.83. The maximum atomic E-state index is 5.83. The monoisotopic (exact) mass is 178 g/mol. The van der Waals surface area contributed by atoms with Crippen LogP contribution in [-0.2, 0) is 0 Å². The molecule has 0 aliphatic heterocycles. The van der Waals surface area contributed by atoms with Gasteiger partial charge in [-0.25, -0.2) is 0 Å². The highest BCUT2D eigenvalue weighted by Crippen LogP contribution is 2.21. The van der Waals surface area contributed by atoms with E-state index < -0.39 is 0 Å². The number of benzene rings is 1. The number of nitrogens with zero attached hydrogens (tertiary/aromatic N) is 1. The zero-order chi connectivity index (χ0) is 10.0. The highest BCUT2D eigenvalue weighted by atomic mass is 15.1. The Morgan fingerprint density at radius 1 is 1.31 bits per heavy atom. The van der Waals surface area contributed by atoms with E-state index in [2.05, 4.69) is 37.9 Å². The lowest BCUT2D eigenvalue weighted by atomic mass is 10.1. The molecule has 0 atom stereocenters. The van der Waals surface area contributed by atoms with Crippen LogP contribution in [-0.4, -0.2) is 13.1 Å². The average molecular weight is 178 g/mol. The van der Waals surface area contributed by atoms with Crippen molar-refractivity contribution in [1.82, 2.24) is 0 Å². The van der Waals surface area contributed by atoms with Gasteiger partial charge in [0.2, 0.25) is 0 Å². The van der Waals surface area contributed by atoms with Crippen molar-refractivity contribution in [3.8, 4) is 0 Å². The third-order valence-corrected chi connectivity index (χ3v) is 2.44. The van der Waals surface area contributed by atoms with E-state index in [1.807, 2.05) is 13.0 Å². The van der Waals surface area contributed by atoms with Gasteiger partial charge >= 0.3 is 0 Å². The molecule has 1 rings (SSSR count). The van der Waals surface area contributed by atoms with Crippen molar-refractivity contribution in [1.29, 1.82) is 0 Å². The molecular formula is C11H18N2. The van der Waals surface area contributed by atoms with Crippen molar-refractivity contribution in [2.24, 2.45) is 0 Å². The molecule has 2 N–H and O–H groups in total. The fourth-order valence-electron chi connectivity index (χ4n) is 1.15. The van der Waals surface area contributed by atoms with E-state index in [1.165, 1.54) is 5.69 Å². The number of rotatable bonds is 2. The maximum absolute atomic E-state index is 5.83. The molecule has 1 aromatic rings. The molecule has 0 aromatic heterocycles. The zero-order valence-corrected chi connectivity index (χ0v) is 8.83. The lowest BCUT2D eigenvalue weighted by Crippen LogP contribution is -2.25. The van der Waals surface area contributed by atoms with Crippen LogP contribution in [0.15, 0.2) is 18.2 Å². The summed E-state index contributed by atoms with van der Waals surface area (Å²) in [7, 11) is 2.08. The van der Waals surface area contributed by atoms with Crippen LogP contribution in [0.5, 0.6) is 0 Å². The molecule has 0 saturated heterocycles. The molecule has 0 unspecified atom stereocenters. The van der Waals surface area contributed by atoms with Crippen molar-refractivity contribution in [3.05, 3.63) is 23.8 Å². The second-order valence-corrected chi connectivity index (χ2v) is 3.75. The van der Waals surface area contributed by atoms with E-state index >= 15 is 0 Å². The summed E-state index contributed by atoms with van der Waals surface area (Å²) in [6, 6.07) is 6.69. The van der Waals surface area contributed by atoms with Crippen molar-refractivity contribution in [2.75, 3.05) is 17.7 Å². The first-order valence-electron chi connectivity index (χ1n) is 4.61. The van der Waals surface area contributed by atoms with Gasteiger partial charge in [0.05, 0.1) is 0 Å². The number of nitrogen functional groups attached to an aromatic ring is 1. The normalized spacial score (nSPS) is 10.5. The summed E-state index contributed by atoms with van der Waals surface area (Å²) in [6.07, 6.45) is 0. The summed E-state index contributed by atoms with van der Waals surface area (Å²) in [5, 5.41) is 0. The quantitative estimate of drug-likeness (QED) is 0.705. The molecule has 0 aliphatic carbocycles. The number of nitrogens with two attached hydrogens (primary N) is 1. The number of hydrogen-bond donors (Lipinski definition) is 1. The molecule has 1 aromatic carbocycles. The van der Waals surface area contributed by atoms with Gasteiger partial charge in [0, 0.05) is 24.5 Å². The fraction of sp³-hybridized carbons (Fsp3) is 0.455. The van der Waals surface area contributed by atoms with Crippen LogP contribution in [0.1, 0.15) is 19.4 Å². The highest BCUT2D eigenvalue weighted by Gasteiger charge is 2.05. The summed E-state index contributed by atoms with van der Waals surface area (Å²) in [6.45, 7) is 6.35. The Balaban J connectivity index is 2.97.